The number of para-hydroxylation sites is 4. The van der Waals surface area contributed by atoms with Crippen LogP contribution in [0.5, 0.6) is 5.75 Å². The summed E-state index contributed by atoms with van der Waals surface area (Å²) in [4.78, 5) is 28.1. The third-order valence-electron chi connectivity index (χ3n) is 5.81. The highest BCUT2D eigenvalue weighted by atomic mass is 16.5. The molecule has 0 fully saturated rings. The van der Waals surface area contributed by atoms with Crippen molar-refractivity contribution in [2.24, 2.45) is 0 Å². The fourth-order valence-corrected chi connectivity index (χ4v) is 4.23. The van der Waals surface area contributed by atoms with Crippen LogP contribution in [0.2, 0.25) is 0 Å². The van der Waals surface area contributed by atoms with Gasteiger partial charge in [-0.2, -0.15) is 0 Å². The second-order valence-corrected chi connectivity index (χ2v) is 7.74. The molecule has 6 aromatic rings. The molecule has 0 aliphatic carbocycles. The Morgan fingerprint density at radius 2 is 1.52 bits per heavy atom. The molecule has 0 saturated carbocycles. The van der Waals surface area contributed by atoms with Crippen LogP contribution < -0.4 is 10.3 Å². The second-order valence-electron chi connectivity index (χ2n) is 7.74. The molecule has 0 spiro atoms. The summed E-state index contributed by atoms with van der Waals surface area (Å²) in [6, 6.07) is 24.9. The van der Waals surface area contributed by atoms with Crippen molar-refractivity contribution < 1.29 is 4.74 Å². The Bertz CT molecular complexity index is 1700. The van der Waals surface area contributed by atoms with E-state index in [1.54, 1.807) is 18.0 Å². The third-order valence-corrected chi connectivity index (χ3v) is 5.81. The Labute approximate surface area is 188 Å². The van der Waals surface area contributed by atoms with Crippen molar-refractivity contribution in [2.45, 2.75) is 6.54 Å². The number of hydrogen-bond donors (Lipinski definition) is 0. The molecule has 0 saturated heterocycles. The molecule has 0 bridgehead atoms. The zero-order chi connectivity index (χ0) is 22.4. The first-order chi connectivity index (χ1) is 16.2. The first kappa shape index (κ1) is 19.2. The molecule has 0 unspecified atom stereocenters. The van der Waals surface area contributed by atoms with Gasteiger partial charge >= 0.3 is 0 Å². The van der Waals surface area contributed by atoms with Gasteiger partial charge in [0.25, 0.3) is 5.56 Å². The number of aromatic nitrogens is 5. The van der Waals surface area contributed by atoms with E-state index in [0.717, 1.165) is 28.0 Å². The number of nitrogens with zero attached hydrogens (tertiary/aromatic N) is 5. The van der Waals surface area contributed by atoms with Crippen molar-refractivity contribution in [3.8, 4) is 11.4 Å². The molecule has 3 aromatic heterocycles. The van der Waals surface area contributed by atoms with Gasteiger partial charge in [-0.25, -0.2) is 15.0 Å². The second kappa shape index (κ2) is 7.56. The van der Waals surface area contributed by atoms with Gasteiger partial charge in [-0.05, 0) is 30.3 Å². The lowest BCUT2D eigenvalue weighted by Crippen LogP contribution is -2.19. The molecule has 3 heterocycles. The Morgan fingerprint density at radius 1 is 0.818 bits per heavy atom. The number of hydrogen-bond acceptors (Lipinski definition) is 5. The van der Waals surface area contributed by atoms with Gasteiger partial charge in [0, 0.05) is 5.56 Å². The summed E-state index contributed by atoms with van der Waals surface area (Å²) in [5, 5.41) is 0.449. The zero-order valence-corrected chi connectivity index (χ0v) is 17.8. The zero-order valence-electron chi connectivity index (χ0n) is 17.8. The summed E-state index contributed by atoms with van der Waals surface area (Å²) in [5.74, 6) is 0.763. The Kier molecular flexibility index (Phi) is 4.40. The first-order valence-corrected chi connectivity index (χ1v) is 10.6. The molecule has 0 radical (unpaired) electrons. The largest absolute Gasteiger partial charge is 0.496 e. The lowest BCUT2D eigenvalue weighted by molar-refractivity contribution is 0.409. The van der Waals surface area contributed by atoms with Crippen LogP contribution in [-0.2, 0) is 6.54 Å². The minimum Gasteiger partial charge on any atom is -0.496 e. The maximum Gasteiger partial charge on any atom is 0.269 e. The molecule has 0 N–H and O–H groups in total. The van der Waals surface area contributed by atoms with Crippen molar-refractivity contribution in [1.82, 2.24) is 24.1 Å². The monoisotopic (exact) mass is 433 g/mol. The summed E-state index contributed by atoms with van der Waals surface area (Å²) < 4.78 is 9.04. The van der Waals surface area contributed by atoms with E-state index in [0.29, 0.717) is 28.7 Å². The van der Waals surface area contributed by atoms with Crippen LogP contribution >= 0.6 is 0 Å². The highest BCUT2D eigenvalue weighted by Gasteiger charge is 2.21. The van der Waals surface area contributed by atoms with E-state index in [9.17, 15) is 4.79 Å². The molecule has 33 heavy (non-hydrogen) atoms. The molecule has 0 aliphatic heterocycles. The molecule has 6 rings (SSSR count). The standard InChI is InChI=1S/C26H19N5O2/c1-33-21-14-8-5-9-17(21)15-30-24-22(23-25(30)29-20-13-7-6-12-19(20)28-23)26(32)31(16-27-24)18-10-3-2-4-11-18/h2-14,16H,15H2,1H3. The van der Waals surface area contributed by atoms with Crippen molar-refractivity contribution >= 4 is 33.2 Å². The smallest absolute Gasteiger partial charge is 0.269 e. The molecular weight excluding hydrogens is 414 g/mol. The SMILES string of the molecule is COc1ccccc1Cn1c2nc3ccccc3nc2c2c(=O)n(-c3ccccc3)cnc21. The molecular formula is C26H19N5O2. The fraction of sp³-hybridized carbons (Fsp3) is 0.0769. The summed E-state index contributed by atoms with van der Waals surface area (Å²) in [5.41, 5.74) is 4.72. The quantitative estimate of drug-likeness (QED) is 0.413. The summed E-state index contributed by atoms with van der Waals surface area (Å²) >= 11 is 0. The number of benzene rings is 3. The maximum absolute atomic E-state index is 13.7. The minimum atomic E-state index is -0.181. The molecule has 0 amide bonds. The third kappa shape index (κ3) is 3.05. The van der Waals surface area contributed by atoms with E-state index < -0.39 is 0 Å². The van der Waals surface area contributed by atoms with E-state index in [-0.39, 0.29) is 5.56 Å². The van der Waals surface area contributed by atoms with Gasteiger partial charge in [-0.1, -0.05) is 48.5 Å². The Morgan fingerprint density at radius 3 is 2.30 bits per heavy atom. The van der Waals surface area contributed by atoms with Crippen molar-refractivity contribution in [2.75, 3.05) is 7.11 Å². The molecule has 7 nitrogen and oxygen atoms in total. The Balaban J connectivity index is 1.70. The number of methoxy groups -OCH3 is 1. The predicted octanol–water partition coefficient (Wildman–Crippen LogP) is 4.34. The van der Waals surface area contributed by atoms with Crippen LogP contribution in [0.25, 0.3) is 38.9 Å². The Hall–Kier alpha value is -4.52. The van der Waals surface area contributed by atoms with Crippen LogP contribution in [-0.4, -0.2) is 31.2 Å². The van der Waals surface area contributed by atoms with Gasteiger partial charge in [0.05, 0.1) is 30.4 Å². The lowest BCUT2D eigenvalue weighted by atomic mass is 10.2. The number of rotatable bonds is 4. The highest BCUT2D eigenvalue weighted by Crippen LogP contribution is 2.28. The van der Waals surface area contributed by atoms with Crippen LogP contribution in [0.15, 0.2) is 90.0 Å². The average Bonchev–Trinajstić information content (AvgIpc) is 3.17. The van der Waals surface area contributed by atoms with E-state index in [1.165, 1.54) is 0 Å². The molecule has 7 heteroatoms. The van der Waals surface area contributed by atoms with Gasteiger partial charge in [0.15, 0.2) is 11.3 Å². The first-order valence-electron chi connectivity index (χ1n) is 10.6. The van der Waals surface area contributed by atoms with Crippen LogP contribution in [0.1, 0.15) is 5.56 Å². The molecule has 0 atom stereocenters. The summed E-state index contributed by atoms with van der Waals surface area (Å²) in [7, 11) is 1.65. The van der Waals surface area contributed by atoms with Crippen LogP contribution in [0, 0.1) is 0 Å². The number of ether oxygens (including phenoxy) is 1. The number of fused-ring (bicyclic) bond motifs is 4. The van der Waals surface area contributed by atoms with E-state index in [1.807, 2.05) is 83.4 Å². The predicted molar refractivity (Wildman–Crippen MR) is 128 cm³/mol. The summed E-state index contributed by atoms with van der Waals surface area (Å²) in [6.45, 7) is 0.443. The van der Waals surface area contributed by atoms with Gasteiger partial charge in [0.2, 0.25) is 0 Å². The van der Waals surface area contributed by atoms with Crippen LogP contribution in [0.4, 0.5) is 0 Å². The normalized spacial score (nSPS) is 11.4. The highest BCUT2D eigenvalue weighted by molar-refractivity contribution is 6.04. The molecule has 0 aliphatic rings. The van der Waals surface area contributed by atoms with E-state index >= 15 is 0 Å². The minimum absolute atomic E-state index is 0.181. The van der Waals surface area contributed by atoms with Crippen molar-refractivity contribution in [3.05, 3.63) is 101 Å². The van der Waals surface area contributed by atoms with Gasteiger partial charge in [0.1, 0.15) is 23.0 Å². The molecule has 160 valence electrons. The molecule has 3 aromatic carbocycles. The fourth-order valence-electron chi connectivity index (χ4n) is 4.23. The lowest BCUT2D eigenvalue weighted by Gasteiger charge is -2.11. The van der Waals surface area contributed by atoms with Crippen molar-refractivity contribution in [1.29, 1.82) is 0 Å². The van der Waals surface area contributed by atoms with Crippen molar-refractivity contribution in [3.63, 3.8) is 0 Å². The summed E-state index contributed by atoms with van der Waals surface area (Å²) in [6.07, 6.45) is 1.57. The van der Waals surface area contributed by atoms with Gasteiger partial charge in [-0.15, -0.1) is 0 Å². The topological polar surface area (TPSA) is 74.8 Å². The average molecular weight is 433 g/mol. The van der Waals surface area contributed by atoms with Gasteiger partial charge < -0.3 is 9.30 Å². The maximum atomic E-state index is 13.7. The van der Waals surface area contributed by atoms with Gasteiger partial charge in [-0.3, -0.25) is 9.36 Å². The van der Waals surface area contributed by atoms with E-state index in [2.05, 4.69) is 0 Å². The van der Waals surface area contributed by atoms with Crippen LogP contribution in [0.3, 0.4) is 0 Å². The van der Waals surface area contributed by atoms with E-state index in [4.69, 9.17) is 19.7 Å².